The lowest BCUT2D eigenvalue weighted by Crippen LogP contribution is -2.54. The van der Waals surface area contributed by atoms with E-state index in [4.69, 9.17) is 21.4 Å². The molecular weight excluding hydrogens is 317 g/mol. The average molecular weight is 334 g/mol. The molecule has 0 aliphatic heterocycles. The summed E-state index contributed by atoms with van der Waals surface area (Å²) in [6, 6.07) is 6.93. The quantitative estimate of drug-likeness (QED) is 0.729. The maximum absolute atomic E-state index is 12.7. The number of phosphoric ester groups is 1. The second-order valence-electron chi connectivity index (χ2n) is 4.98. The Labute approximate surface area is 127 Å². The minimum absolute atomic E-state index is 0.276. The average Bonchev–Trinajstić information content (AvgIpc) is 2.41. The molecule has 116 valence electrons. The number of benzene rings is 1. The van der Waals surface area contributed by atoms with E-state index in [2.05, 4.69) is 9.84 Å². The molecule has 1 saturated carbocycles. The molecule has 0 spiro atoms. The molecule has 0 saturated heterocycles. The van der Waals surface area contributed by atoms with Crippen LogP contribution in [0.15, 0.2) is 24.3 Å². The van der Waals surface area contributed by atoms with Crippen molar-refractivity contribution in [2.45, 2.75) is 30.9 Å². The summed E-state index contributed by atoms with van der Waals surface area (Å²) in [5.41, 5.74) is -0.491. The summed E-state index contributed by atoms with van der Waals surface area (Å²) in [4.78, 5) is 30.6. The lowest BCUT2D eigenvalue weighted by atomic mass is 9.74. The predicted octanol–water partition coefficient (Wildman–Crippen LogP) is 1.99. The van der Waals surface area contributed by atoms with Gasteiger partial charge in [-0.05, 0) is 37.9 Å². The van der Waals surface area contributed by atoms with Crippen molar-refractivity contribution in [3.05, 3.63) is 34.9 Å². The number of hydrogen-bond acceptors (Lipinski definition) is 4. The number of halogens is 1. The molecule has 0 unspecified atom stereocenters. The van der Waals surface area contributed by atoms with Crippen LogP contribution in [0, 0.1) is 0 Å². The summed E-state index contributed by atoms with van der Waals surface area (Å²) in [5, 5.41) is 3.40. The van der Waals surface area contributed by atoms with E-state index >= 15 is 0 Å². The molecule has 0 heterocycles. The van der Waals surface area contributed by atoms with Crippen LogP contribution in [0.1, 0.15) is 24.8 Å². The van der Waals surface area contributed by atoms with Crippen LogP contribution in [0.3, 0.4) is 0 Å². The van der Waals surface area contributed by atoms with E-state index in [0.717, 1.165) is 0 Å². The van der Waals surface area contributed by atoms with E-state index in [-0.39, 0.29) is 6.42 Å². The zero-order valence-electron chi connectivity index (χ0n) is 11.5. The van der Waals surface area contributed by atoms with Crippen LogP contribution in [0.5, 0.6) is 0 Å². The van der Waals surface area contributed by atoms with Gasteiger partial charge in [-0.3, -0.25) is 9.32 Å². The van der Waals surface area contributed by atoms with E-state index in [1.54, 1.807) is 31.3 Å². The Morgan fingerprint density at radius 2 is 2.10 bits per heavy atom. The van der Waals surface area contributed by atoms with Crippen LogP contribution in [-0.4, -0.2) is 28.7 Å². The van der Waals surface area contributed by atoms with E-state index in [1.165, 1.54) is 0 Å². The third-order valence-corrected chi connectivity index (χ3v) is 4.61. The van der Waals surface area contributed by atoms with Gasteiger partial charge in [0.05, 0.1) is 0 Å². The van der Waals surface area contributed by atoms with Gasteiger partial charge in [-0.2, -0.15) is 0 Å². The first-order valence-electron chi connectivity index (χ1n) is 6.52. The van der Waals surface area contributed by atoms with Gasteiger partial charge in [0, 0.05) is 5.02 Å². The summed E-state index contributed by atoms with van der Waals surface area (Å²) in [5.74, 6) is -0.410. The SMILES string of the molecule is CN[C@@]1(c2ccccc2Cl)CCC[C@H](OP(=O)(O)O)C1=O. The maximum Gasteiger partial charge on any atom is 0.470 e. The smallest absolute Gasteiger partial charge is 0.304 e. The molecule has 21 heavy (non-hydrogen) atoms. The van der Waals surface area contributed by atoms with Crippen molar-refractivity contribution in [1.82, 2.24) is 5.32 Å². The molecule has 1 aromatic carbocycles. The number of carbonyl (C=O) groups is 1. The third-order valence-electron chi connectivity index (χ3n) is 3.76. The van der Waals surface area contributed by atoms with Gasteiger partial charge in [0.15, 0.2) is 5.78 Å². The van der Waals surface area contributed by atoms with Gasteiger partial charge >= 0.3 is 7.82 Å². The van der Waals surface area contributed by atoms with Gasteiger partial charge in [-0.25, -0.2) is 4.57 Å². The largest absolute Gasteiger partial charge is 0.470 e. The lowest BCUT2D eigenvalue weighted by Gasteiger charge is -2.39. The predicted molar refractivity (Wildman–Crippen MR) is 78.0 cm³/mol. The Balaban J connectivity index is 2.41. The highest BCUT2D eigenvalue weighted by atomic mass is 35.5. The van der Waals surface area contributed by atoms with Crippen LogP contribution in [-0.2, 0) is 19.4 Å². The topological polar surface area (TPSA) is 95.9 Å². The molecule has 2 atom stereocenters. The first kappa shape index (κ1) is 16.6. The normalized spacial score (nSPS) is 26.9. The van der Waals surface area contributed by atoms with Crippen LogP contribution in [0.2, 0.25) is 5.02 Å². The van der Waals surface area contributed by atoms with Crippen molar-refractivity contribution in [2.75, 3.05) is 7.05 Å². The number of carbonyl (C=O) groups excluding carboxylic acids is 1. The van der Waals surface area contributed by atoms with Gasteiger partial charge in [0.25, 0.3) is 0 Å². The summed E-state index contributed by atoms with van der Waals surface area (Å²) in [6.45, 7) is 0. The highest BCUT2D eigenvalue weighted by molar-refractivity contribution is 7.46. The zero-order chi connectivity index (χ0) is 15.7. The number of nitrogens with one attached hydrogen (secondary N) is 1. The lowest BCUT2D eigenvalue weighted by molar-refractivity contribution is -0.137. The van der Waals surface area contributed by atoms with Crippen molar-refractivity contribution in [1.29, 1.82) is 0 Å². The summed E-state index contributed by atoms with van der Waals surface area (Å²) in [7, 11) is -3.10. The van der Waals surface area contributed by atoms with Gasteiger partial charge in [0.1, 0.15) is 11.6 Å². The van der Waals surface area contributed by atoms with Crippen LogP contribution < -0.4 is 5.32 Å². The monoisotopic (exact) mass is 333 g/mol. The molecule has 6 nitrogen and oxygen atoms in total. The highest BCUT2D eigenvalue weighted by Gasteiger charge is 2.48. The Morgan fingerprint density at radius 3 is 2.67 bits per heavy atom. The maximum atomic E-state index is 12.7. The van der Waals surface area contributed by atoms with Gasteiger partial charge in [-0.1, -0.05) is 29.8 Å². The number of Topliss-reactive ketones (excluding diaryl/α,β-unsaturated/α-hetero) is 1. The van der Waals surface area contributed by atoms with E-state index in [9.17, 15) is 9.36 Å². The van der Waals surface area contributed by atoms with Crippen molar-refractivity contribution >= 4 is 25.2 Å². The molecule has 8 heteroatoms. The number of hydrogen-bond donors (Lipinski definition) is 3. The second kappa shape index (κ2) is 6.16. The molecule has 2 rings (SSSR count). The Bertz CT molecular complexity index is 590. The first-order valence-corrected chi connectivity index (χ1v) is 8.43. The van der Waals surface area contributed by atoms with Crippen molar-refractivity contribution in [3.8, 4) is 0 Å². The fraction of sp³-hybridized carbons (Fsp3) is 0.462. The summed E-state index contributed by atoms with van der Waals surface area (Å²) < 4.78 is 15.7. The first-order chi connectivity index (χ1) is 9.80. The van der Waals surface area contributed by atoms with Gasteiger partial charge < -0.3 is 15.1 Å². The molecule has 0 bridgehead atoms. The second-order valence-corrected chi connectivity index (χ2v) is 6.58. The van der Waals surface area contributed by atoms with Crippen molar-refractivity contribution < 1.29 is 23.7 Å². The van der Waals surface area contributed by atoms with Gasteiger partial charge in [0.2, 0.25) is 0 Å². The van der Waals surface area contributed by atoms with Crippen LogP contribution >= 0.6 is 19.4 Å². The number of ketones is 1. The van der Waals surface area contributed by atoms with E-state index < -0.39 is 25.2 Å². The highest BCUT2D eigenvalue weighted by Crippen LogP contribution is 2.44. The number of likely N-dealkylation sites (N-methyl/N-ethyl adjacent to an activating group) is 1. The van der Waals surface area contributed by atoms with Crippen molar-refractivity contribution in [2.24, 2.45) is 0 Å². The van der Waals surface area contributed by atoms with Crippen LogP contribution in [0.4, 0.5) is 0 Å². The molecule has 1 aliphatic rings. The molecule has 3 N–H and O–H groups in total. The van der Waals surface area contributed by atoms with Crippen LogP contribution in [0.25, 0.3) is 0 Å². The standard InChI is InChI=1S/C13H17ClNO5P/c1-15-13(9-5-2-3-6-10(9)14)8-4-7-11(12(13)16)20-21(17,18)19/h2-3,5-6,11,15H,4,7-8H2,1H3,(H2,17,18,19)/t11-,13+/m0/s1. The summed E-state index contributed by atoms with van der Waals surface area (Å²) >= 11 is 6.19. The minimum atomic E-state index is -4.72. The molecule has 1 aliphatic carbocycles. The Kier molecular flexibility index (Phi) is 4.88. The molecule has 1 fully saturated rings. The van der Waals surface area contributed by atoms with Crippen molar-refractivity contribution in [3.63, 3.8) is 0 Å². The molecule has 0 radical (unpaired) electrons. The molecule has 0 amide bonds. The fourth-order valence-corrected chi connectivity index (χ4v) is 3.64. The summed E-state index contributed by atoms with van der Waals surface area (Å²) in [6.07, 6.45) is 0.205. The Hall–Kier alpha value is -0.750. The van der Waals surface area contributed by atoms with Gasteiger partial charge in [-0.15, -0.1) is 0 Å². The van der Waals surface area contributed by atoms with E-state index in [0.29, 0.717) is 23.4 Å². The fourth-order valence-electron chi connectivity index (χ4n) is 2.81. The number of phosphoric acid groups is 1. The zero-order valence-corrected chi connectivity index (χ0v) is 13.1. The minimum Gasteiger partial charge on any atom is -0.304 e. The molecule has 0 aromatic heterocycles. The third kappa shape index (κ3) is 3.37. The number of rotatable bonds is 4. The Morgan fingerprint density at radius 1 is 1.43 bits per heavy atom. The molecular formula is C13H17ClNO5P. The van der Waals surface area contributed by atoms with E-state index in [1.807, 2.05) is 0 Å². The molecule has 1 aromatic rings.